The summed E-state index contributed by atoms with van der Waals surface area (Å²) in [7, 11) is 0. The summed E-state index contributed by atoms with van der Waals surface area (Å²) in [5.41, 5.74) is 7.59. The molecule has 3 heteroatoms. The van der Waals surface area contributed by atoms with Gasteiger partial charge in [0.05, 0.1) is 0 Å². The molecule has 0 spiro atoms. The van der Waals surface area contributed by atoms with Crippen molar-refractivity contribution in [3.63, 3.8) is 0 Å². The van der Waals surface area contributed by atoms with Gasteiger partial charge in [-0.05, 0) is 49.1 Å². The van der Waals surface area contributed by atoms with Gasteiger partial charge in [0.15, 0.2) is 0 Å². The van der Waals surface area contributed by atoms with Crippen molar-refractivity contribution in [3.05, 3.63) is 35.4 Å². The van der Waals surface area contributed by atoms with E-state index in [0.717, 1.165) is 12.8 Å². The number of aliphatic carboxylic acids is 1. The fourth-order valence-corrected chi connectivity index (χ4v) is 3.80. The molecule has 0 amide bonds. The zero-order chi connectivity index (χ0) is 17.4. The molecule has 1 aliphatic rings. The third-order valence-corrected chi connectivity index (χ3v) is 5.50. The fourth-order valence-electron chi connectivity index (χ4n) is 3.80. The number of benzene rings is 1. The fraction of sp³-hybridized carbons (Fsp3) is 0.667. The van der Waals surface area contributed by atoms with E-state index < -0.39 is 11.5 Å². The third kappa shape index (κ3) is 5.34. The average Bonchev–Trinajstić information content (AvgIpc) is 2.98. The number of hydrogen-bond acceptors (Lipinski definition) is 2. The maximum Gasteiger partial charge on any atom is 0.323 e. The van der Waals surface area contributed by atoms with E-state index in [1.807, 2.05) is 0 Å². The van der Waals surface area contributed by atoms with Crippen molar-refractivity contribution in [2.45, 2.75) is 89.0 Å². The molecule has 0 bridgehead atoms. The number of hydrogen-bond donors (Lipinski definition) is 2. The SMILES string of the molecule is CCCCCCCCCc1ccc([C@H]2CC[C@](N)(C(=O)O)C2)cc1. The molecule has 1 fully saturated rings. The summed E-state index contributed by atoms with van der Waals surface area (Å²) in [6, 6.07) is 8.77. The van der Waals surface area contributed by atoms with Crippen molar-refractivity contribution in [2.24, 2.45) is 5.73 Å². The molecule has 134 valence electrons. The number of aryl methyl sites for hydroxylation is 1. The summed E-state index contributed by atoms with van der Waals surface area (Å²) in [4.78, 5) is 11.3. The zero-order valence-electron chi connectivity index (χ0n) is 15.1. The molecule has 1 saturated carbocycles. The standard InChI is InChI=1S/C21H33NO2/c1-2-3-4-5-6-7-8-9-17-10-12-18(13-11-17)19-14-15-21(22,16-19)20(23)24/h10-13,19H,2-9,14-16,22H2,1H3,(H,23,24)/t19-,21+/m0/s1. The summed E-state index contributed by atoms with van der Waals surface area (Å²) in [6.07, 6.45) is 12.5. The Bertz CT molecular complexity index is 511. The van der Waals surface area contributed by atoms with Gasteiger partial charge >= 0.3 is 5.97 Å². The summed E-state index contributed by atoms with van der Waals surface area (Å²) in [5.74, 6) is -0.570. The molecule has 2 rings (SSSR count). The number of nitrogens with two attached hydrogens (primary N) is 1. The van der Waals surface area contributed by atoms with Gasteiger partial charge in [-0.3, -0.25) is 4.79 Å². The second-order valence-electron chi connectivity index (χ2n) is 7.51. The summed E-state index contributed by atoms with van der Waals surface area (Å²) in [5, 5.41) is 9.24. The summed E-state index contributed by atoms with van der Waals surface area (Å²) >= 11 is 0. The lowest BCUT2D eigenvalue weighted by atomic mass is 9.92. The molecule has 1 aromatic carbocycles. The first-order valence-corrected chi connectivity index (χ1v) is 9.66. The Morgan fingerprint density at radius 1 is 1.12 bits per heavy atom. The molecular weight excluding hydrogens is 298 g/mol. The molecule has 0 heterocycles. The van der Waals surface area contributed by atoms with Crippen LogP contribution in [0.5, 0.6) is 0 Å². The van der Waals surface area contributed by atoms with Crippen molar-refractivity contribution in [1.82, 2.24) is 0 Å². The van der Waals surface area contributed by atoms with Gasteiger partial charge in [-0.15, -0.1) is 0 Å². The molecule has 0 radical (unpaired) electrons. The smallest absolute Gasteiger partial charge is 0.323 e. The average molecular weight is 332 g/mol. The van der Waals surface area contributed by atoms with Crippen molar-refractivity contribution >= 4 is 5.97 Å². The van der Waals surface area contributed by atoms with Crippen LogP contribution in [-0.2, 0) is 11.2 Å². The molecule has 1 aliphatic carbocycles. The largest absolute Gasteiger partial charge is 0.480 e. The Morgan fingerprint density at radius 3 is 2.33 bits per heavy atom. The van der Waals surface area contributed by atoms with E-state index in [2.05, 4.69) is 31.2 Å². The van der Waals surface area contributed by atoms with Crippen molar-refractivity contribution in [3.8, 4) is 0 Å². The van der Waals surface area contributed by atoms with Crippen molar-refractivity contribution in [1.29, 1.82) is 0 Å². The topological polar surface area (TPSA) is 63.3 Å². The second kappa shape index (κ2) is 9.22. The van der Waals surface area contributed by atoms with Gasteiger partial charge < -0.3 is 10.8 Å². The Kier molecular flexibility index (Phi) is 7.29. The Hall–Kier alpha value is -1.35. The van der Waals surface area contributed by atoms with Crippen LogP contribution in [0, 0.1) is 0 Å². The third-order valence-electron chi connectivity index (χ3n) is 5.50. The molecular formula is C21H33NO2. The molecule has 3 N–H and O–H groups in total. The lowest BCUT2D eigenvalue weighted by molar-refractivity contribution is -0.143. The predicted octanol–water partition coefficient (Wildman–Crippen LogP) is 5.03. The number of rotatable bonds is 10. The number of carboxylic acids is 1. The highest BCUT2D eigenvalue weighted by Crippen LogP contribution is 2.39. The number of carbonyl (C=O) groups is 1. The van der Waals surface area contributed by atoms with E-state index in [9.17, 15) is 9.90 Å². The highest BCUT2D eigenvalue weighted by atomic mass is 16.4. The van der Waals surface area contributed by atoms with E-state index in [1.165, 1.54) is 56.1 Å². The van der Waals surface area contributed by atoms with Crippen LogP contribution in [0.25, 0.3) is 0 Å². The second-order valence-corrected chi connectivity index (χ2v) is 7.51. The van der Waals surface area contributed by atoms with E-state index in [-0.39, 0.29) is 0 Å². The summed E-state index contributed by atoms with van der Waals surface area (Å²) in [6.45, 7) is 2.25. The molecule has 24 heavy (non-hydrogen) atoms. The van der Waals surface area contributed by atoms with Gasteiger partial charge in [0.1, 0.15) is 5.54 Å². The van der Waals surface area contributed by atoms with Crippen molar-refractivity contribution in [2.75, 3.05) is 0 Å². The van der Waals surface area contributed by atoms with E-state index in [1.54, 1.807) is 0 Å². The minimum Gasteiger partial charge on any atom is -0.480 e. The molecule has 2 atom stereocenters. The first kappa shape index (κ1) is 19.0. The Morgan fingerprint density at radius 2 is 1.75 bits per heavy atom. The normalized spacial score (nSPS) is 23.5. The van der Waals surface area contributed by atoms with Crippen molar-refractivity contribution < 1.29 is 9.90 Å². The molecule has 1 aromatic rings. The van der Waals surface area contributed by atoms with Crippen LogP contribution >= 0.6 is 0 Å². The van der Waals surface area contributed by atoms with Crippen LogP contribution in [-0.4, -0.2) is 16.6 Å². The highest BCUT2D eigenvalue weighted by Gasteiger charge is 2.42. The van der Waals surface area contributed by atoms with Crippen LogP contribution in [0.3, 0.4) is 0 Å². The van der Waals surface area contributed by atoms with Crippen LogP contribution in [0.15, 0.2) is 24.3 Å². The van der Waals surface area contributed by atoms with Gasteiger partial charge in [0.2, 0.25) is 0 Å². The van der Waals surface area contributed by atoms with Gasteiger partial charge in [0, 0.05) is 0 Å². The molecule has 0 aliphatic heterocycles. The lowest BCUT2D eigenvalue weighted by Gasteiger charge is -2.18. The Balaban J connectivity index is 1.72. The monoisotopic (exact) mass is 331 g/mol. The van der Waals surface area contributed by atoms with Crippen LogP contribution in [0.4, 0.5) is 0 Å². The van der Waals surface area contributed by atoms with E-state index >= 15 is 0 Å². The quantitative estimate of drug-likeness (QED) is 0.591. The molecule has 0 unspecified atom stereocenters. The predicted molar refractivity (Wildman–Crippen MR) is 99.3 cm³/mol. The Labute approximate surface area is 146 Å². The lowest BCUT2D eigenvalue weighted by Crippen LogP contribution is -2.45. The zero-order valence-corrected chi connectivity index (χ0v) is 15.1. The minimum atomic E-state index is -1.03. The van der Waals surface area contributed by atoms with Crippen LogP contribution < -0.4 is 5.73 Å². The van der Waals surface area contributed by atoms with Gasteiger partial charge in [-0.2, -0.15) is 0 Å². The molecule has 3 nitrogen and oxygen atoms in total. The molecule has 0 aromatic heterocycles. The highest BCUT2D eigenvalue weighted by molar-refractivity contribution is 5.79. The maximum atomic E-state index is 11.3. The summed E-state index contributed by atoms with van der Waals surface area (Å²) < 4.78 is 0. The van der Waals surface area contributed by atoms with Crippen LogP contribution in [0.2, 0.25) is 0 Å². The number of carboxylic acid groups (broad SMARTS) is 1. The first-order valence-electron chi connectivity index (χ1n) is 9.66. The number of unbranched alkanes of at least 4 members (excludes halogenated alkanes) is 6. The van der Waals surface area contributed by atoms with E-state index in [4.69, 9.17) is 5.73 Å². The van der Waals surface area contributed by atoms with Crippen LogP contribution in [0.1, 0.15) is 88.2 Å². The van der Waals surface area contributed by atoms with Gasteiger partial charge in [-0.1, -0.05) is 69.7 Å². The molecule has 0 saturated heterocycles. The maximum absolute atomic E-state index is 11.3. The first-order chi connectivity index (χ1) is 11.5. The van der Waals surface area contributed by atoms with E-state index in [0.29, 0.717) is 18.8 Å². The minimum absolute atomic E-state index is 0.290. The van der Waals surface area contributed by atoms with Gasteiger partial charge in [0.25, 0.3) is 0 Å². The van der Waals surface area contributed by atoms with Gasteiger partial charge in [-0.25, -0.2) is 0 Å².